The van der Waals surface area contributed by atoms with Crippen LogP contribution in [-0.2, 0) is 0 Å². The lowest BCUT2D eigenvalue weighted by molar-refractivity contribution is 0.0710. The molecular weight excluding hydrogens is 335 g/mol. The number of halogens is 1. The predicted octanol–water partition coefficient (Wildman–Crippen LogP) is 3.10. The summed E-state index contributed by atoms with van der Waals surface area (Å²) in [6.45, 7) is 1.64. The average Bonchev–Trinajstić information content (AvgIpc) is 3.10. The van der Waals surface area contributed by atoms with Crippen LogP contribution in [0.5, 0.6) is 0 Å². The van der Waals surface area contributed by atoms with Gasteiger partial charge in [0.25, 0.3) is 5.91 Å². The molecule has 6 nitrogen and oxygen atoms in total. The van der Waals surface area contributed by atoms with Crippen LogP contribution >= 0.6 is 0 Å². The summed E-state index contributed by atoms with van der Waals surface area (Å²) in [5.41, 5.74) is 0.859. The van der Waals surface area contributed by atoms with Crippen molar-refractivity contribution in [3.05, 3.63) is 54.4 Å². The van der Waals surface area contributed by atoms with Gasteiger partial charge in [-0.05, 0) is 25.0 Å². The van der Waals surface area contributed by atoms with E-state index in [-0.39, 0.29) is 17.8 Å². The molecule has 4 rings (SSSR count). The summed E-state index contributed by atoms with van der Waals surface area (Å²) in [6.07, 6.45) is 8.21. The van der Waals surface area contributed by atoms with Crippen LogP contribution in [0.15, 0.2) is 47.5 Å². The number of furan rings is 1. The molecule has 1 fully saturated rings. The Balaban J connectivity index is 1.46. The summed E-state index contributed by atoms with van der Waals surface area (Å²) in [7, 11) is 1.81. The number of benzene rings is 1. The lowest BCUT2D eigenvalue weighted by Crippen LogP contribution is -2.45. The van der Waals surface area contributed by atoms with Crippen molar-refractivity contribution in [3.63, 3.8) is 0 Å². The molecule has 26 heavy (non-hydrogen) atoms. The van der Waals surface area contributed by atoms with Gasteiger partial charge in [0.1, 0.15) is 23.5 Å². The molecule has 1 saturated heterocycles. The Morgan fingerprint density at radius 3 is 2.85 bits per heavy atom. The highest BCUT2D eigenvalue weighted by atomic mass is 19.1. The number of piperidine rings is 1. The minimum atomic E-state index is -0.379. The Hall–Kier alpha value is -2.96. The Labute approximate surface area is 150 Å². The smallest absolute Gasteiger partial charge is 0.257 e. The lowest BCUT2D eigenvalue weighted by atomic mass is 10.0. The summed E-state index contributed by atoms with van der Waals surface area (Å²) >= 11 is 0. The highest BCUT2D eigenvalue weighted by molar-refractivity contribution is 6.05. The molecular formula is C19H19FN4O2. The van der Waals surface area contributed by atoms with E-state index in [1.54, 1.807) is 29.6 Å². The number of amides is 1. The van der Waals surface area contributed by atoms with Gasteiger partial charge in [-0.15, -0.1) is 0 Å². The van der Waals surface area contributed by atoms with E-state index in [0.29, 0.717) is 16.5 Å². The van der Waals surface area contributed by atoms with Gasteiger partial charge in [0.05, 0.1) is 11.8 Å². The molecule has 134 valence electrons. The van der Waals surface area contributed by atoms with E-state index in [1.807, 2.05) is 7.05 Å². The van der Waals surface area contributed by atoms with Gasteiger partial charge in [-0.1, -0.05) is 0 Å². The minimum Gasteiger partial charge on any atom is -0.463 e. The van der Waals surface area contributed by atoms with E-state index in [9.17, 15) is 9.18 Å². The summed E-state index contributed by atoms with van der Waals surface area (Å²) in [6, 6.07) is 4.37. The number of rotatable bonds is 3. The number of nitrogens with zero attached hydrogens (tertiary/aromatic N) is 4. The van der Waals surface area contributed by atoms with Crippen LogP contribution < -0.4 is 4.90 Å². The molecule has 0 radical (unpaired) electrons. The predicted molar refractivity (Wildman–Crippen MR) is 95.5 cm³/mol. The number of fused-ring (bicyclic) bond motifs is 1. The van der Waals surface area contributed by atoms with Crippen molar-refractivity contribution in [1.29, 1.82) is 0 Å². The molecule has 1 aliphatic rings. The molecule has 1 aliphatic heterocycles. The maximum Gasteiger partial charge on any atom is 0.257 e. The molecule has 1 amide bonds. The number of hydrogen-bond donors (Lipinski definition) is 0. The fourth-order valence-electron chi connectivity index (χ4n) is 3.46. The zero-order valence-corrected chi connectivity index (χ0v) is 14.4. The number of hydrogen-bond acceptors (Lipinski definition) is 5. The van der Waals surface area contributed by atoms with Crippen LogP contribution in [0.1, 0.15) is 23.2 Å². The molecule has 2 aromatic heterocycles. The number of aromatic nitrogens is 2. The monoisotopic (exact) mass is 354 g/mol. The first-order valence-corrected chi connectivity index (χ1v) is 8.58. The first-order valence-electron chi connectivity index (χ1n) is 8.58. The van der Waals surface area contributed by atoms with Gasteiger partial charge in [0.2, 0.25) is 0 Å². The topological polar surface area (TPSA) is 62.5 Å². The van der Waals surface area contributed by atoms with E-state index in [4.69, 9.17) is 4.42 Å². The largest absolute Gasteiger partial charge is 0.463 e. The molecule has 7 heteroatoms. The standard InChI is InChI=1S/C19H19FN4O2/c1-23(14-4-8-24(9-5-14)18-11-21-6-7-22-18)19(25)16-12-26-17-10-13(20)2-3-15(16)17/h2-3,6-7,10-12,14H,4-5,8-9H2,1H3. The van der Waals surface area contributed by atoms with Gasteiger partial charge in [0, 0.05) is 50.0 Å². The Morgan fingerprint density at radius 1 is 1.31 bits per heavy atom. The summed E-state index contributed by atoms with van der Waals surface area (Å²) in [5.74, 6) is 0.381. The van der Waals surface area contributed by atoms with Crippen LogP contribution in [0.25, 0.3) is 11.0 Å². The third-order valence-corrected chi connectivity index (χ3v) is 4.97. The van der Waals surface area contributed by atoms with Crippen molar-refractivity contribution in [3.8, 4) is 0 Å². The molecule has 1 aromatic carbocycles. The number of carbonyl (C=O) groups excluding carboxylic acids is 1. The summed E-state index contributed by atoms with van der Waals surface area (Å²) in [4.78, 5) is 25.3. The highest BCUT2D eigenvalue weighted by Gasteiger charge is 2.28. The second-order valence-electron chi connectivity index (χ2n) is 6.49. The maximum atomic E-state index is 13.3. The normalized spacial score (nSPS) is 15.4. The fraction of sp³-hybridized carbons (Fsp3) is 0.316. The molecule has 0 aliphatic carbocycles. The van der Waals surface area contributed by atoms with Gasteiger partial charge in [0.15, 0.2) is 0 Å². The molecule has 0 N–H and O–H groups in total. The van der Waals surface area contributed by atoms with Crippen molar-refractivity contribution in [2.45, 2.75) is 18.9 Å². The lowest BCUT2D eigenvalue weighted by Gasteiger charge is -2.37. The van der Waals surface area contributed by atoms with Crippen molar-refractivity contribution in [2.24, 2.45) is 0 Å². The maximum absolute atomic E-state index is 13.3. The van der Waals surface area contributed by atoms with Crippen LogP contribution in [0.4, 0.5) is 10.2 Å². The molecule has 3 heterocycles. The van der Waals surface area contributed by atoms with E-state index >= 15 is 0 Å². The first-order chi connectivity index (χ1) is 12.6. The van der Waals surface area contributed by atoms with Crippen LogP contribution in [0, 0.1) is 5.82 Å². The SMILES string of the molecule is CN(C(=O)c1coc2cc(F)ccc12)C1CCN(c2cnccn2)CC1. The van der Waals surface area contributed by atoms with Crippen LogP contribution in [0.3, 0.4) is 0 Å². The zero-order chi connectivity index (χ0) is 18.1. The average molecular weight is 354 g/mol. The quantitative estimate of drug-likeness (QED) is 0.723. The van der Waals surface area contributed by atoms with Crippen molar-refractivity contribution in [1.82, 2.24) is 14.9 Å². The number of carbonyl (C=O) groups is 1. The molecule has 0 spiro atoms. The number of anilines is 1. The molecule has 0 saturated carbocycles. The zero-order valence-electron chi connectivity index (χ0n) is 14.4. The summed E-state index contributed by atoms with van der Waals surface area (Å²) in [5, 5.41) is 0.639. The summed E-state index contributed by atoms with van der Waals surface area (Å²) < 4.78 is 18.7. The first kappa shape index (κ1) is 16.5. The van der Waals surface area contributed by atoms with E-state index in [0.717, 1.165) is 31.7 Å². The molecule has 0 unspecified atom stereocenters. The molecule has 0 bridgehead atoms. The highest BCUT2D eigenvalue weighted by Crippen LogP contribution is 2.26. The van der Waals surface area contributed by atoms with Gasteiger partial charge >= 0.3 is 0 Å². The molecule has 0 atom stereocenters. The van der Waals surface area contributed by atoms with Crippen LogP contribution in [-0.4, -0.2) is 47.0 Å². The molecule has 3 aromatic rings. The van der Waals surface area contributed by atoms with Crippen molar-refractivity contribution >= 4 is 22.7 Å². The van der Waals surface area contributed by atoms with Crippen LogP contribution in [0.2, 0.25) is 0 Å². The van der Waals surface area contributed by atoms with Gasteiger partial charge < -0.3 is 14.2 Å². The second kappa shape index (κ2) is 6.74. The fourth-order valence-corrected chi connectivity index (χ4v) is 3.46. The van der Waals surface area contributed by atoms with E-state index in [2.05, 4.69) is 14.9 Å². The third kappa shape index (κ3) is 3.00. The van der Waals surface area contributed by atoms with Crippen molar-refractivity contribution in [2.75, 3.05) is 25.0 Å². The van der Waals surface area contributed by atoms with E-state index < -0.39 is 0 Å². The third-order valence-electron chi connectivity index (χ3n) is 4.97. The van der Waals surface area contributed by atoms with E-state index in [1.165, 1.54) is 18.4 Å². The Bertz CT molecular complexity index is 920. The van der Waals surface area contributed by atoms with Gasteiger partial charge in [-0.25, -0.2) is 9.37 Å². The second-order valence-corrected chi connectivity index (χ2v) is 6.49. The minimum absolute atomic E-state index is 0.103. The van der Waals surface area contributed by atoms with Gasteiger partial charge in [-0.3, -0.25) is 9.78 Å². The Kier molecular flexibility index (Phi) is 4.28. The van der Waals surface area contributed by atoms with Crippen molar-refractivity contribution < 1.29 is 13.6 Å². The van der Waals surface area contributed by atoms with Gasteiger partial charge in [-0.2, -0.15) is 0 Å². The Morgan fingerprint density at radius 2 is 2.12 bits per heavy atom.